The van der Waals surface area contributed by atoms with Crippen LogP contribution in [-0.4, -0.2) is 19.0 Å². The fraction of sp³-hybridized carbons (Fsp3) is 0.588. The number of anilines is 1. The number of rotatable bonds is 9. The number of unbranched alkanes of at least 4 members (excludes halogenated alkanes) is 2. The Labute approximate surface area is 123 Å². The Morgan fingerprint density at radius 3 is 2.60 bits per heavy atom. The molecule has 1 aromatic rings. The van der Waals surface area contributed by atoms with E-state index in [-0.39, 0.29) is 5.91 Å². The first-order valence-electron chi connectivity index (χ1n) is 7.74. The van der Waals surface area contributed by atoms with Crippen molar-refractivity contribution in [1.29, 1.82) is 0 Å². The molecule has 0 radical (unpaired) electrons. The fourth-order valence-corrected chi connectivity index (χ4v) is 2.15. The molecule has 1 aromatic carbocycles. The molecular formula is C17H28N2O. The second kappa shape index (κ2) is 9.54. The maximum atomic E-state index is 11.9. The van der Waals surface area contributed by atoms with Crippen molar-refractivity contribution in [3.8, 4) is 0 Å². The average Bonchev–Trinajstić information content (AvgIpc) is 2.43. The van der Waals surface area contributed by atoms with Crippen molar-refractivity contribution < 1.29 is 4.79 Å². The molecule has 1 amide bonds. The van der Waals surface area contributed by atoms with E-state index in [1.807, 2.05) is 18.2 Å². The number of benzene rings is 1. The summed E-state index contributed by atoms with van der Waals surface area (Å²) < 4.78 is 0. The zero-order valence-electron chi connectivity index (χ0n) is 13.0. The monoisotopic (exact) mass is 276 g/mol. The Hall–Kier alpha value is -1.35. The van der Waals surface area contributed by atoms with Gasteiger partial charge in [0.15, 0.2) is 0 Å². The summed E-state index contributed by atoms with van der Waals surface area (Å²) in [6.45, 7) is 8.23. The van der Waals surface area contributed by atoms with Crippen LogP contribution in [0.1, 0.15) is 57.9 Å². The molecule has 1 rings (SSSR count). The van der Waals surface area contributed by atoms with Gasteiger partial charge in [0.25, 0.3) is 0 Å². The molecule has 0 unspecified atom stereocenters. The number of amides is 1. The lowest BCUT2D eigenvalue weighted by molar-refractivity contribution is -0.116. The van der Waals surface area contributed by atoms with E-state index in [1.54, 1.807) is 0 Å². The summed E-state index contributed by atoms with van der Waals surface area (Å²) >= 11 is 0. The van der Waals surface area contributed by atoms with Crippen molar-refractivity contribution in [2.45, 2.75) is 52.4 Å². The smallest absolute Gasteiger partial charge is 0.225 e. The molecule has 20 heavy (non-hydrogen) atoms. The highest BCUT2D eigenvalue weighted by Gasteiger charge is 2.08. The molecular weight excluding hydrogens is 248 g/mol. The van der Waals surface area contributed by atoms with Crippen molar-refractivity contribution in [2.75, 3.05) is 18.4 Å². The molecule has 112 valence electrons. The second-order valence-electron chi connectivity index (χ2n) is 5.50. The molecule has 0 spiro atoms. The van der Waals surface area contributed by atoms with Crippen LogP contribution < -0.4 is 10.6 Å². The summed E-state index contributed by atoms with van der Waals surface area (Å²) in [6, 6.07) is 8.02. The van der Waals surface area contributed by atoms with Gasteiger partial charge in [-0.1, -0.05) is 51.8 Å². The topological polar surface area (TPSA) is 41.1 Å². The van der Waals surface area contributed by atoms with Crippen LogP contribution in [-0.2, 0) is 4.79 Å². The van der Waals surface area contributed by atoms with Crippen LogP contribution in [0.25, 0.3) is 0 Å². The minimum atomic E-state index is 0.0843. The lowest BCUT2D eigenvalue weighted by Gasteiger charge is -2.13. The molecule has 0 saturated carbocycles. The standard InChI is InChI=1S/C17H28N2O/c1-4-5-8-12-18-13-11-17(20)19-16-10-7-6-9-15(16)14(2)3/h6-7,9-10,14,18H,4-5,8,11-13H2,1-3H3,(H,19,20). The van der Waals surface area contributed by atoms with Crippen LogP contribution in [0.4, 0.5) is 5.69 Å². The van der Waals surface area contributed by atoms with Gasteiger partial charge in [-0.25, -0.2) is 0 Å². The van der Waals surface area contributed by atoms with Gasteiger partial charge in [-0.2, -0.15) is 0 Å². The number of nitrogens with one attached hydrogen (secondary N) is 2. The van der Waals surface area contributed by atoms with E-state index in [0.29, 0.717) is 12.3 Å². The zero-order chi connectivity index (χ0) is 14.8. The number of hydrogen-bond donors (Lipinski definition) is 2. The van der Waals surface area contributed by atoms with Crippen LogP contribution >= 0.6 is 0 Å². The lowest BCUT2D eigenvalue weighted by Crippen LogP contribution is -2.23. The minimum Gasteiger partial charge on any atom is -0.326 e. The lowest BCUT2D eigenvalue weighted by atomic mass is 10.0. The van der Waals surface area contributed by atoms with Crippen LogP contribution in [0.15, 0.2) is 24.3 Å². The van der Waals surface area contributed by atoms with Gasteiger partial charge in [-0.15, -0.1) is 0 Å². The predicted octanol–water partition coefficient (Wildman–Crippen LogP) is 3.92. The van der Waals surface area contributed by atoms with E-state index < -0.39 is 0 Å². The number of hydrogen-bond acceptors (Lipinski definition) is 2. The highest BCUT2D eigenvalue weighted by molar-refractivity contribution is 5.91. The first kappa shape index (κ1) is 16.7. The maximum Gasteiger partial charge on any atom is 0.225 e. The molecule has 0 saturated heterocycles. The summed E-state index contributed by atoms with van der Waals surface area (Å²) in [7, 11) is 0. The fourth-order valence-electron chi connectivity index (χ4n) is 2.15. The van der Waals surface area contributed by atoms with E-state index in [1.165, 1.54) is 24.8 Å². The van der Waals surface area contributed by atoms with Crippen molar-refractivity contribution in [1.82, 2.24) is 5.32 Å². The van der Waals surface area contributed by atoms with Crippen LogP contribution in [0, 0.1) is 0 Å². The molecule has 0 aliphatic heterocycles. The average molecular weight is 276 g/mol. The molecule has 0 fully saturated rings. The van der Waals surface area contributed by atoms with Crippen molar-refractivity contribution >= 4 is 11.6 Å². The summed E-state index contributed by atoms with van der Waals surface area (Å²) in [4.78, 5) is 11.9. The summed E-state index contributed by atoms with van der Waals surface area (Å²) in [5.41, 5.74) is 2.13. The van der Waals surface area contributed by atoms with E-state index >= 15 is 0 Å². The summed E-state index contributed by atoms with van der Waals surface area (Å²) in [6.07, 6.45) is 4.20. The number of carbonyl (C=O) groups is 1. The molecule has 0 aromatic heterocycles. The molecule has 0 heterocycles. The van der Waals surface area contributed by atoms with Crippen molar-refractivity contribution in [3.05, 3.63) is 29.8 Å². The Bertz CT molecular complexity index is 402. The van der Waals surface area contributed by atoms with Gasteiger partial charge < -0.3 is 10.6 Å². The van der Waals surface area contributed by atoms with Crippen molar-refractivity contribution in [3.63, 3.8) is 0 Å². The van der Waals surface area contributed by atoms with E-state index in [9.17, 15) is 4.79 Å². The third kappa shape index (κ3) is 6.20. The first-order chi connectivity index (χ1) is 9.65. The van der Waals surface area contributed by atoms with Crippen LogP contribution in [0.2, 0.25) is 0 Å². The van der Waals surface area contributed by atoms with Gasteiger partial charge in [0.1, 0.15) is 0 Å². The molecule has 0 aliphatic carbocycles. The highest BCUT2D eigenvalue weighted by atomic mass is 16.1. The Balaban J connectivity index is 2.32. The molecule has 0 aliphatic rings. The molecule has 0 bridgehead atoms. The van der Waals surface area contributed by atoms with Gasteiger partial charge >= 0.3 is 0 Å². The molecule has 2 N–H and O–H groups in total. The third-order valence-electron chi connectivity index (χ3n) is 3.34. The number of carbonyl (C=O) groups excluding carboxylic acids is 1. The van der Waals surface area contributed by atoms with Gasteiger partial charge in [-0.3, -0.25) is 4.79 Å². The summed E-state index contributed by atoms with van der Waals surface area (Å²) in [5.74, 6) is 0.500. The van der Waals surface area contributed by atoms with Crippen LogP contribution in [0.5, 0.6) is 0 Å². The number of para-hydroxylation sites is 1. The Kier molecular flexibility index (Phi) is 7.97. The highest BCUT2D eigenvalue weighted by Crippen LogP contribution is 2.23. The Morgan fingerprint density at radius 2 is 1.90 bits per heavy atom. The maximum absolute atomic E-state index is 11.9. The molecule has 3 nitrogen and oxygen atoms in total. The zero-order valence-corrected chi connectivity index (χ0v) is 13.0. The quantitative estimate of drug-likeness (QED) is 0.671. The second-order valence-corrected chi connectivity index (χ2v) is 5.50. The first-order valence-corrected chi connectivity index (χ1v) is 7.74. The van der Waals surface area contributed by atoms with Crippen LogP contribution in [0.3, 0.4) is 0 Å². The third-order valence-corrected chi connectivity index (χ3v) is 3.34. The van der Waals surface area contributed by atoms with E-state index in [0.717, 1.165) is 18.8 Å². The van der Waals surface area contributed by atoms with Gasteiger partial charge in [0.2, 0.25) is 5.91 Å². The SMILES string of the molecule is CCCCCNCCC(=O)Nc1ccccc1C(C)C. The van der Waals surface area contributed by atoms with Gasteiger partial charge in [0.05, 0.1) is 0 Å². The predicted molar refractivity (Wildman–Crippen MR) is 86.2 cm³/mol. The normalized spacial score (nSPS) is 10.8. The van der Waals surface area contributed by atoms with Crippen molar-refractivity contribution in [2.24, 2.45) is 0 Å². The van der Waals surface area contributed by atoms with E-state index in [2.05, 4.69) is 37.5 Å². The Morgan fingerprint density at radius 1 is 1.15 bits per heavy atom. The molecule has 3 heteroatoms. The van der Waals surface area contributed by atoms with E-state index in [4.69, 9.17) is 0 Å². The summed E-state index contributed by atoms with van der Waals surface area (Å²) in [5, 5.41) is 6.33. The molecule has 0 atom stereocenters. The van der Waals surface area contributed by atoms with Gasteiger partial charge in [0, 0.05) is 18.7 Å². The largest absolute Gasteiger partial charge is 0.326 e. The minimum absolute atomic E-state index is 0.0843. The van der Waals surface area contributed by atoms with Gasteiger partial charge in [-0.05, 0) is 30.5 Å².